The van der Waals surface area contributed by atoms with Crippen LogP contribution in [0, 0.1) is 15.9 Å². The van der Waals surface area contributed by atoms with Crippen LogP contribution in [0.15, 0.2) is 36.4 Å². The Morgan fingerprint density at radius 3 is 2.65 bits per heavy atom. The zero-order valence-electron chi connectivity index (χ0n) is 9.88. The van der Waals surface area contributed by atoms with Gasteiger partial charge in [0.2, 0.25) is 5.82 Å². The number of carbonyl (C=O) groups excluding carboxylic acids is 1. The van der Waals surface area contributed by atoms with Crippen LogP contribution in [0.25, 0.3) is 0 Å². The fraction of sp³-hybridized carbons (Fsp3) is 0. The molecule has 2 rings (SSSR count). The fourth-order valence-electron chi connectivity index (χ4n) is 1.54. The van der Waals surface area contributed by atoms with E-state index in [0.717, 1.165) is 12.1 Å². The van der Waals surface area contributed by atoms with Crippen molar-refractivity contribution in [1.29, 1.82) is 0 Å². The molecule has 0 aliphatic heterocycles. The number of carbonyl (C=O) groups is 1. The van der Waals surface area contributed by atoms with Gasteiger partial charge in [0.05, 0.1) is 15.5 Å². The Morgan fingerprint density at radius 1 is 1.30 bits per heavy atom. The molecule has 0 amide bonds. The number of hydrogen-bond acceptors (Lipinski definition) is 4. The average Bonchev–Trinajstić information content (AvgIpc) is 2.40. The fourth-order valence-corrected chi connectivity index (χ4v) is 1.76. The first kappa shape index (κ1) is 14.0. The molecule has 102 valence electrons. The summed E-state index contributed by atoms with van der Waals surface area (Å²) < 4.78 is 18.8. The van der Waals surface area contributed by atoms with Crippen LogP contribution in [0.4, 0.5) is 10.1 Å². The minimum absolute atomic E-state index is 0.00398. The summed E-state index contributed by atoms with van der Waals surface area (Å²) in [7, 11) is 0. The lowest BCUT2D eigenvalue weighted by atomic mass is 10.2. The number of halogens is 2. The van der Waals surface area contributed by atoms with E-state index in [0.29, 0.717) is 6.29 Å². The number of nitro benzene ring substituents is 1. The molecule has 7 heteroatoms. The second kappa shape index (κ2) is 5.66. The topological polar surface area (TPSA) is 69.4 Å². The van der Waals surface area contributed by atoms with Gasteiger partial charge >= 0.3 is 5.69 Å². The van der Waals surface area contributed by atoms with E-state index in [-0.39, 0.29) is 22.1 Å². The average molecular weight is 296 g/mol. The van der Waals surface area contributed by atoms with Gasteiger partial charge in [-0.05, 0) is 18.2 Å². The van der Waals surface area contributed by atoms with Gasteiger partial charge in [-0.15, -0.1) is 0 Å². The molecule has 0 saturated heterocycles. The third-order valence-electron chi connectivity index (χ3n) is 2.46. The molecule has 0 fully saturated rings. The van der Waals surface area contributed by atoms with E-state index < -0.39 is 16.4 Å². The summed E-state index contributed by atoms with van der Waals surface area (Å²) in [5, 5.41) is 10.7. The van der Waals surface area contributed by atoms with Crippen molar-refractivity contribution < 1.29 is 18.8 Å². The summed E-state index contributed by atoms with van der Waals surface area (Å²) in [6, 6.07) is 7.61. The standard InChI is InChI=1S/C13H7ClFNO4/c14-10-3-1-2-8(7-17)13(10)20-9-4-5-12(16(18)19)11(15)6-9/h1-7H. The van der Waals surface area contributed by atoms with Crippen LogP contribution in [0.2, 0.25) is 5.02 Å². The molecule has 0 spiro atoms. The summed E-state index contributed by atoms with van der Waals surface area (Å²) in [6.07, 6.45) is 0.545. The highest BCUT2D eigenvalue weighted by Gasteiger charge is 2.16. The number of para-hydroxylation sites is 1. The lowest BCUT2D eigenvalue weighted by Gasteiger charge is -2.09. The summed E-state index contributed by atoms with van der Waals surface area (Å²) in [6.45, 7) is 0. The molecular formula is C13H7ClFNO4. The van der Waals surface area contributed by atoms with Crippen molar-refractivity contribution in [3.63, 3.8) is 0 Å². The largest absolute Gasteiger partial charge is 0.455 e. The van der Waals surface area contributed by atoms with Gasteiger partial charge in [-0.3, -0.25) is 14.9 Å². The first-order valence-electron chi connectivity index (χ1n) is 5.38. The molecule has 0 aromatic heterocycles. The molecule has 5 nitrogen and oxygen atoms in total. The number of nitro groups is 1. The number of benzene rings is 2. The van der Waals surface area contributed by atoms with Gasteiger partial charge in [-0.2, -0.15) is 4.39 Å². The number of ether oxygens (including phenoxy) is 1. The number of nitrogens with zero attached hydrogens (tertiary/aromatic N) is 1. The molecule has 0 aliphatic rings. The van der Waals surface area contributed by atoms with Crippen LogP contribution < -0.4 is 4.74 Å². The minimum Gasteiger partial charge on any atom is -0.455 e. The van der Waals surface area contributed by atoms with Crippen LogP contribution in [0.5, 0.6) is 11.5 Å². The second-order valence-electron chi connectivity index (χ2n) is 3.75. The Morgan fingerprint density at radius 2 is 2.05 bits per heavy atom. The molecule has 0 atom stereocenters. The molecule has 2 aromatic carbocycles. The van der Waals surface area contributed by atoms with Gasteiger partial charge in [0.1, 0.15) is 5.75 Å². The molecule has 20 heavy (non-hydrogen) atoms. The smallest absolute Gasteiger partial charge is 0.305 e. The molecule has 0 unspecified atom stereocenters. The Labute approximate surface area is 117 Å². The lowest BCUT2D eigenvalue weighted by molar-refractivity contribution is -0.387. The molecule has 0 aliphatic carbocycles. The van der Waals surface area contributed by atoms with Crippen LogP contribution in [0.1, 0.15) is 10.4 Å². The molecule has 0 bridgehead atoms. The van der Waals surface area contributed by atoms with E-state index in [4.69, 9.17) is 16.3 Å². The van der Waals surface area contributed by atoms with Gasteiger partial charge in [-0.25, -0.2) is 0 Å². The Bertz CT molecular complexity index is 690. The summed E-state index contributed by atoms with van der Waals surface area (Å²) in [4.78, 5) is 20.5. The van der Waals surface area contributed by atoms with Crippen molar-refractivity contribution in [2.75, 3.05) is 0 Å². The van der Waals surface area contributed by atoms with Crippen molar-refractivity contribution in [2.45, 2.75) is 0 Å². The van der Waals surface area contributed by atoms with Crippen molar-refractivity contribution >= 4 is 23.6 Å². The van der Waals surface area contributed by atoms with E-state index in [1.54, 1.807) is 6.07 Å². The van der Waals surface area contributed by atoms with E-state index in [2.05, 4.69) is 0 Å². The van der Waals surface area contributed by atoms with Gasteiger partial charge in [-0.1, -0.05) is 17.7 Å². The lowest BCUT2D eigenvalue weighted by Crippen LogP contribution is -1.95. The zero-order valence-corrected chi connectivity index (χ0v) is 10.6. The predicted octanol–water partition coefficient (Wildman–Crippen LogP) is 3.99. The molecule has 0 heterocycles. The van der Waals surface area contributed by atoms with Crippen molar-refractivity contribution in [1.82, 2.24) is 0 Å². The Balaban J connectivity index is 2.38. The zero-order chi connectivity index (χ0) is 14.7. The number of hydrogen-bond donors (Lipinski definition) is 0. The second-order valence-corrected chi connectivity index (χ2v) is 4.16. The van der Waals surface area contributed by atoms with Crippen LogP contribution in [-0.2, 0) is 0 Å². The summed E-state index contributed by atoms with van der Waals surface area (Å²) in [5.74, 6) is -0.964. The van der Waals surface area contributed by atoms with E-state index in [1.807, 2.05) is 0 Å². The third-order valence-corrected chi connectivity index (χ3v) is 2.76. The predicted molar refractivity (Wildman–Crippen MR) is 70.0 cm³/mol. The summed E-state index contributed by atoms with van der Waals surface area (Å²) in [5.41, 5.74) is -0.469. The molecule has 0 N–H and O–H groups in total. The van der Waals surface area contributed by atoms with Gasteiger partial charge in [0.15, 0.2) is 12.0 Å². The van der Waals surface area contributed by atoms with Gasteiger partial charge in [0.25, 0.3) is 0 Å². The maximum Gasteiger partial charge on any atom is 0.305 e. The van der Waals surface area contributed by atoms with E-state index in [9.17, 15) is 19.3 Å². The highest BCUT2D eigenvalue weighted by molar-refractivity contribution is 6.32. The quantitative estimate of drug-likeness (QED) is 0.486. The normalized spacial score (nSPS) is 10.1. The van der Waals surface area contributed by atoms with Crippen LogP contribution in [0.3, 0.4) is 0 Å². The highest BCUT2D eigenvalue weighted by Crippen LogP contribution is 2.33. The molecular weight excluding hydrogens is 289 g/mol. The van der Waals surface area contributed by atoms with Gasteiger partial charge in [0, 0.05) is 12.1 Å². The maximum absolute atomic E-state index is 13.5. The molecule has 0 radical (unpaired) electrons. The SMILES string of the molecule is O=Cc1cccc(Cl)c1Oc1ccc([N+](=O)[O-])c(F)c1. The van der Waals surface area contributed by atoms with Crippen molar-refractivity contribution in [3.05, 3.63) is 62.9 Å². The monoisotopic (exact) mass is 295 g/mol. The first-order valence-corrected chi connectivity index (χ1v) is 5.76. The van der Waals surface area contributed by atoms with Crippen LogP contribution in [-0.4, -0.2) is 11.2 Å². The Kier molecular flexibility index (Phi) is 3.95. The maximum atomic E-state index is 13.5. The number of aldehydes is 1. The summed E-state index contributed by atoms with van der Waals surface area (Å²) >= 11 is 5.89. The Hall–Kier alpha value is -2.47. The number of rotatable bonds is 4. The molecule has 2 aromatic rings. The van der Waals surface area contributed by atoms with E-state index >= 15 is 0 Å². The third kappa shape index (κ3) is 2.75. The molecule has 0 saturated carbocycles. The van der Waals surface area contributed by atoms with Gasteiger partial charge < -0.3 is 4.74 Å². The minimum atomic E-state index is -1.03. The highest BCUT2D eigenvalue weighted by atomic mass is 35.5. The first-order chi connectivity index (χ1) is 9.52. The van der Waals surface area contributed by atoms with E-state index in [1.165, 1.54) is 18.2 Å². The van der Waals surface area contributed by atoms with Crippen molar-refractivity contribution in [3.8, 4) is 11.5 Å². The van der Waals surface area contributed by atoms with Crippen molar-refractivity contribution in [2.24, 2.45) is 0 Å². The van der Waals surface area contributed by atoms with Crippen LogP contribution >= 0.6 is 11.6 Å².